The Labute approximate surface area is 90.3 Å². The maximum absolute atomic E-state index is 4.39. The third kappa shape index (κ3) is 1.17. The van der Waals surface area contributed by atoms with Crippen molar-refractivity contribution in [3.8, 4) is 0 Å². The van der Waals surface area contributed by atoms with Crippen LogP contribution in [0.3, 0.4) is 0 Å². The molecule has 1 saturated carbocycles. The molecule has 0 N–H and O–H groups in total. The summed E-state index contributed by atoms with van der Waals surface area (Å²) in [5, 5.41) is 4.39. The molecule has 2 aromatic heterocycles. The molecule has 2 aromatic rings. The fourth-order valence-corrected chi connectivity index (χ4v) is 2.26. The highest BCUT2D eigenvalue weighted by Crippen LogP contribution is 2.36. The number of hydrogen-bond donors (Lipinski definition) is 0. The number of fused-ring (bicyclic) bond motifs is 1. The van der Waals surface area contributed by atoms with Crippen LogP contribution in [0.15, 0.2) is 22.9 Å². The second kappa shape index (κ2) is 3.05. The van der Waals surface area contributed by atoms with Gasteiger partial charge in [-0.15, -0.1) is 0 Å². The van der Waals surface area contributed by atoms with Gasteiger partial charge in [-0.3, -0.25) is 0 Å². The molecule has 0 radical (unpaired) electrons. The number of rotatable bonds is 1. The fraction of sp³-hybridized carbons (Fsp3) is 0.400. The summed E-state index contributed by atoms with van der Waals surface area (Å²) in [7, 11) is 0. The van der Waals surface area contributed by atoms with Gasteiger partial charge in [-0.05, 0) is 34.8 Å². The summed E-state index contributed by atoms with van der Waals surface area (Å²) in [6.07, 6.45) is 5.79. The van der Waals surface area contributed by atoms with Crippen LogP contribution in [0.4, 0.5) is 0 Å². The molecule has 3 nitrogen and oxygen atoms in total. The molecule has 0 atom stereocenters. The zero-order valence-electron chi connectivity index (χ0n) is 7.65. The maximum Gasteiger partial charge on any atom is 0.156 e. The molecule has 1 aliphatic rings. The Hall–Kier alpha value is -0.900. The zero-order chi connectivity index (χ0) is 9.54. The van der Waals surface area contributed by atoms with Crippen LogP contribution in [0.5, 0.6) is 0 Å². The zero-order valence-corrected chi connectivity index (χ0v) is 9.24. The minimum Gasteiger partial charge on any atom is -0.237 e. The summed E-state index contributed by atoms with van der Waals surface area (Å²) in [5.74, 6) is 0.687. The quantitative estimate of drug-likeness (QED) is 0.781. The average molecular weight is 252 g/mol. The van der Waals surface area contributed by atoms with Gasteiger partial charge in [-0.2, -0.15) is 5.10 Å². The van der Waals surface area contributed by atoms with Crippen LogP contribution >= 0.6 is 15.9 Å². The summed E-state index contributed by atoms with van der Waals surface area (Å²) in [6, 6.07) is 4.03. The van der Waals surface area contributed by atoms with E-state index in [1.54, 1.807) is 0 Å². The predicted octanol–water partition coefficient (Wildman–Crippen LogP) is 2.76. The summed E-state index contributed by atoms with van der Waals surface area (Å²) < 4.78 is 2.81. The van der Waals surface area contributed by atoms with Crippen molar-refractivity contribution in [3.05, 3.63) is 28.6 Å². The first-order valence-corrected chi connectivity index (χ1v) is 5.64. The highest BCUT2D eigenvalue weighted by Gasteiger charge is 2.22. The smallest absolute Gasteiger partial charge is 0.156 e. The van der Waals surface area contributed by atoms with Crippen molar-refractivity contribution in [3.63, 3.8) is 0 Å². The van der Waals surface area contributed by atoms with Crippen LogP contribution in [0.25, 0.3) is 5.65 Å². The standard InChI is InChI=1S/C10H10BrN3/c11-9-6-10-12-5-4-8(14(10)13-9)7-2-1-3-7/h4-7H,1-3H2. The van der Waals surface area contributed by atoms with E-state index in [1.165, 1.54) is 25.0 Å². The molecule has 0 saturated heterocycles. The number of nitrogens with zero attached hydrogens (tertiary/aromatic N) is 3. The van der Waals surface area contributed by atoms with Crippen molar-refractivity contribution in [2.75, 3.05) is 0 Å². The molecule has 14 heavy (non-hydrogen) atoms. The minimum atomic E-state index is 0.687. The monoisotopic (exact) mass is 251 g/mol. The van der Waals surface area contributed by atoms with Crippen LogP contribution in [0.1, 0.15) is 30.9 Å². The first-order valence-electron chi connectivity index (χ1n) is 4.85. The van der Waals surface area contributed by atoms with E-state index >= 15 is 0 Å². The number of halogens is 1. The van der Waals surface area contributed by atoms with Gasteiger partial charge in [-0.25, -0.2) is 9.50 Å². The van der Waals surface area contributed by atoms with Gasteiger partial charge in [0, 0.05) is 23.9 Å². The molecule has 4 heteroatoms. The summed E-state index contributed by atoms with van der Waals surface area (Å²) in [4.78, 5) is 4.27. The minimum absolute atomic E-state index is 0.687. The van der Waals surface area contributed by atoms with Gasteiger partial charge >= 0.3 is 0 Å². The molecule has 0 aliphatic heterocycles. The van der Waals surface area contributed by atoms with E-state index in [0.29, 0.717) is 5.92 Å². The van der Waals surface area contributed by atoms with Crippen LogP contribution in [0.2, 0.25) is 0 Å². The Bertz CT molecular complexity index is 473. The van der Waals surface area contributed by atoms with Crippen molar-refractivity contribution in [2.24, 2.45) is 0 Å². The van der Waals surface area contributed by atoms with Crippen molar-refractivity contribution < 1.29 is 0 Å². The van der Waals surface area contributed by atoms with Gasteiger partial charge in [0.15, 0.2) is 5.65 Å². The normalized spacial score (nSPS) is 17.2. The lowest BCUT2D eigenvalue weighted by Gasteiger charge is -2.25. The average Bonchev–Trinajstić information content (AvgIpc) is 2.43. The van der Waals surface area contributed by atoms with Crippen LogP contribution < -0.4 is 0 Å². The van der Waals surface area contributed by atoms with E-state index < -0.39 is 0 Å². The lowest BCUT2D eigenvalue weighted by atomic mass is 9.83. The van der Waals surface area contributed by atoms with Gasteiger partial charge in [-0.1, -0.05) is 6.42 Å². The summed E-state index contributed by atoms with van der Waals surface area (Å²) in [6.45, 7) is 0. The van der Waals surface area contributed by atoms with E-state index in [4.69, 9.17) is 0 Å². The second-order valence-electron chi connectivity index (χ2n) is 3.73. The SMILES string of the molecule is Brc1cc2nccc(C3CCC3)n2n1. The molecule has 0 spiro atoms. The Kier molecular flexibility index (Phi) is 1.83. The Morgan fingerprint density at radius 3 is 3.00 bits per heavy atom. The molecule has 2 heterocycles. The van der Waals surface area contributed by atoms with Crippen molar-refractivity contribution in [1.82, 2.24) is 14.6 Å². The maximum atomic E-state index is 4.39. The molecule has 3 rings (SSSR count). The molecule has 0 aromatic carbocycles. The fourth-order valence-electron chi connectivity index (χ4n) is 1.90. The molecule has 0 amide bonds. The predicted molar refractivity (Wildman–Crippen MR) is 57.3 cm³/mol. The first kappa shape index (κ1) is 8.41. The Morgan fingerprint density at radius 1 is 1.43 bits per heavy atom. The van der Waals surface area contributed by atoms with Gasteiger partial charge < -0.3 is 0 Å². The topological polar surface area (TPSA) is 30.2 Å². The highest BCUT2D eigenvalue weighted by molar-refractivity contribution is 9.10. The molecule has 0 bridgehead atoms. The summed E-state index contributed by atoms with van der Waals surface area (Å²) in [5.41, 5.74) is 2.23. The molecular weight excluding hydrogens is 242 g/mol. The van der Waals surface area contributed by atoms with Crippen LogP contribution in [0, 0.1) is 0 Å². The van der Waals surface area contributed by atoms with E-state index in [1.807, 2.05) is 16.8 Å². The van der Waals surface area contributed by atoms with E-state index in [0.717, 1.165) is 10.3 Å². The van der Waals surface area contributed by atoms with Crippen LogP contribution in [-0.2, 0) is 0 Å². The molecule has 1 aliphatic carbocycles. The molecule has 0 unspecified atom stereocenters. The third-order valence-electron chi connectivity index (χ3n) is 2.88. The first-order chi connectivity index (χ1) is 6.84. The van der Waals surface area contributed by atoms with Gasteiger partial charge in [0.2, 0.25) is 0 Å². The van der Waals surface area contributed by atoms with Gasteiger partial charge in [0.25, 0.3) is 0 Å². The molecule has 72 valence electrons. The van der Waals surface area contributed by atoms with Gasteiger partial charge in [0.05, 0.1) is 0 Å². The number of hydrogen-bond acceptors (Lipinski definition) is 2. The van der Waals surface area contributed by atoms with Crippen molar-refractivity contribution >= 4 is 21.6 Å². The number of aromatic nitrogens is 3. The third-order valence-corrected chi connectivity index (χ3v) is 3.27. The van der Waals surface area contributed by atoms with Crippen molar-refractivity contribution in [1.29, 1.82) is 0 Å². The van der Waals surface area contributed by atoms with Gasteiger partial charge in [0.1, 0.15) is 4.60 Å². The second-order valence-corrected chi connectivity index (χ2v) is 4.55. The lowest BCUT2D eigenvalue weighted by molar-refractivity contribution is 0.404. The van der Waals surface area contributed by atoms with E-state index in [9.17, 15) is 0 Å². The lowest BCUT2D eigenvalue weighted by Crippen LogP contribution is -2.13. The Morgan fingerprint density at radius 2 is 2.29 bits per heavy atom. The molecule has 1 fully saturated rings. The molecular formula is C10H10BrN3. The largest absolute Gasteiger partial charge is 0.237 e. The van der Waals surface area contributed by atoms with E-state index in [-0.39, 0.29) is 0 Å². The summed E-state index contributed by atoms with van der Waals surface area (Å²) >= 11 is 3.38. The van der Waals surface area contributed by atoms with E-state index in [2.05, 4.69) is 32.1 Å². The van der Waals surface area contributed by atoms with Crippen molar-refractivity contribution in [2.45, 2.75) is 25.2 Å². The highest BCUT2D eigenvalue weighted by atomic mass is 79.9. The Balaban J connectivity index is 2.21. The van der Waals surface area contributed by atoms with Crippen LogP contribution in [-0.4, -0.2) is 14.6 Å².